The van der Waals surface area contributed by atoms with Gasteiger partial charge in [0.05, 0.1) is 12.6 Å². The maximum atomic E-state index is 12.1. The van der Waals surface area contributed by atoms with E-state index < -0.39 is 0 Å². The number of ether oxygens (including phenoxy) is 1. The molecule has 1 fully saturated rings. The predicted molar refractivity (Wildman–Crippen MR) is 85.2 cm³/mol. The lowest BCUT2D eigenvalue weighted by Gasteiger charge is -2.18. The molecule has 6 heteroatoms. The average molecular weight is 305 g/mol. The number of carbonyl (C=O) groups is 2. The third-order valence-corrected chi connectivity index (χ3v) is 3.46. The van der Waals surface area contributed by atoms with Crippen LogP contribution < -0.4 is 20.3 Å². The van der Waals surface area contributed by atoms with Crippen molar-refractivity contribution in [2.75, 3.05) is 24.6 Å². The highest BCUT2D eigenvalue weighted by Gasteiger charge is 2.31. The van der Waals surface area contributed by atoms with Crippen molar-refractivity contribution < 1.29 is 14.3 Å². The van der Waals surface area contributed by atoms with Crippen molar-refractivity contribution in [2.24, 2.45) is 0 Å². The second-order valence-corrected chi connectivity index (χ2v) is 5.23. The molecule has 0 unspecified atom stereocenters. The zero-order valence-electron chi connectivity index (χ0n) is 13.1. The molecule has 0 radical (unpaired) electrons. The van der Waals surface area contributed by atoms with E-state index in [0.717, 1.165) is 17.9 Å². The molecule has 1 heterocycles. The Morgan fingerprint density at radius 2 is 2.05 bits per heavy atom. The van der Waals surface area contributed by atoms with Gasteiger partial charge < -0.3 is 20.3 Å². The molecule has 2 N–H and O–H groups in total. The summed E-state index contributed by atoms with van der Waals surface area (Å²) in [4.78, 5) is 25.5. The topological polar surface area (TPSA) is 70.7 Å². The van der Waals surface area contributed by atoms with Gasteiger partial charge in [0, 0.05) is 25.2 Å². The lowest BCUT2D eigenvalue weighted by molar-refractivity contribution is -0.117. The van der Waals surface area contributed by atoms with Gasteiger partial charge in [0.1, 0.15) is 5.75 Å². The minimum absolute atomic E-state index is 0.0185. The molecule has 1 aliphatic heterocycles. The minimum Gasteiger partial charge on any atom is -0.494 e. The Morgan fingerprint density at radius 1 is 1.32 bits per heavy atom. The highest BCUT2D eigenvalue weighted by atomic mass is 16.5. The monoisotopic (exact) mass is 305 g/mol. The highest BCUT2D eigenvalue weighted by Crippen LogP contribution is 2.24. The van der Waals surface area contributed by atoms with E-state index in [1.807, 2.05) is 38.1 Å². The molecule has 3 amide bonds. The summed E-state index contributed by atoms with van der Waals surface area (Å²) >= 11 is 0. The van der Waals surface area contributed by atoms with Crippen LogP contribution in [0.5, 0.6) is 5.75 Å². The van der Waals surface area contributed by atoms with Crippen LogP contribution in [0.3, 0.4) is 0 Å². The van der Waals surface area contributed by atoms with E-state index in [4.69, 9.17) is 4.74 Å². The van der Waals surface area contributed by atoms with Crippen molar-refractivity contribution in [1.82, 2.24) is 10.6 Å². The molecule has 1 aromatic carbocycles. The first-order valence-electron chi connectivity index (χ1n) is 7.71. The zero-order valence-corrected chi connectivity index (χ0v) is 13.1. The zero-order chi connectivity index (χ0) is 15.9. The SMILES string of the molecule is CCCNC(=O)N[C@@H]1CC(=O)N(c2ccc(OCC)cc2)C1. The van der Waals surface area contributed by atoms with Crippen molar-refractivity contribution in [2.45, 2.75) is 32.7 Å². The second kappa shape index (κ2) is 7.68. The molecule has 0 aliphatic carbocycles. The summed E-state index contributed by atoms with van der Waals surface area (Å²) in [5.41, 5.74) is 0.826. The molecule has 1 atom stereocenters. The van der Waals surface area contributed by atoms with Gasteiger partial charge in [-0.3, -0.25) is 4.79 Å². The van der Waals surface area contributed by atoms with Gasteiger partial charge in [0.2, 0.25) is 5.91 Å². The number of hydrogen-bond acceptors (Lipinski definition) is 3. The van der Waals surface area contributed by atoms with Crippen LogP contribution in [-0.2, 0) is 4.79 Å². The van der Waals surface area contributed by atoms with Crippen LogP contribution in [0.4, 0.5) is 10.5 Å². The highest BCUT2D eigenvalue weighted by molar-refractivity contribution is 5.96. The number of nitrogens with one attached hydrogen (secondary N) is 2. The molecule has 22 heavy (non-hydrogen) atoms. The summed E-state index contributed by atoms with van der Waals surface area (Å²) in [6.07, 6.45) is 1.21. The van der Waals surface area contributed by atoms with E-state index in [1.165, 1.54) is 0 Å². The lowest BCUT2D eigenvalue weighted by Crippen LogP contribution is -2.43. The standard InChI is InChI=1S/C16H23N3O3/c1-3-9-17-16(21)18-12-10-15(20)19(11-12)13-5-7-14(8-6-13)22-4-2/h5-8,12H,3-4,9-11H2,1-2H3,(H2,17,18,21)/t12-/m1/s1. The van der Waals surface area contributed by atoms with Crippen LogP contribution in [0.25, 0.3) is 0 Å². The number of hydrogen-bond donors (Lipinski definition) is 2. The molecule has 1 aliphatic rings. The normalized spacial score (nSPS) is 17.5. The smallest absolute Gasteiger partial charge is 0.315 e. The molecule has 2 rings (SSSR count). The summed E-state index contributed by atoms with van der Waals surface area (Å²) in [6.45, 7) is 5.66. The third-order valence-electron chi connectivity index (χ3n) is 3.46. The van der Waals surface area contributed by atoms with Crippen LogP contribution in [0.2, 0.25) is 0 Å². The van der Waals surface area contributed by atoms with Crippen molar-refractivity contribution in [3.05, 3.63) is 24.3 Å². The van der Waals surface area contributed by atoms with E-state index in [2.05, 4.69) is 10.6 Å². The Bertz CT molecular complexity index is 516. The molecule has 0 bridgehead atoms. The maximum absolute atomic E-state index is 12.1. The van der Waals surface area contributed by atoms with Crippen LogP contribution in [0.15, 0.2) is 24.3 Å². The van der Waals surface area contributed by atoms with Crippen LogP contribution >= 0.6 is 0 Å². The van der Waals surface area contributed by atoms with Gasteiger partial charge in [0.15, 0.2) is 0 Å². The Labute approximate surface area is 130 Å². The largest absolute Gasteiger partial charge is 0.494 e. The molecule has 1 saturated heterocycles. The van der Waals surface area contributed by atoms with Crippen molar-refractivity contribution in [3.8, 4) is 5.75 Å². The molecular formula is C16H23N3O3. The van der Waals surface area contributed by atoms with E-state index in [-0.39, 0.29) is 18.0 Å². The summed E-state index contributed by atoms with van der Waals surface area (Å²) in [6, 6.07) is 7.05. The molecule has 1 aromatic rings. The molecular weight excluding hydrogens is 282 g/mol. The molecule has 0 aromatic heterocycles. The second-order valence-electron chi connectivity index (χ2n) is 5.23. The third kappa shape index (κ3) is 4.13. The van der Waals surface area contributed by atoms with Gasteiger partial charge in [0.25, 0.3) is 0 Å². The Hall–Kier alpha value is -2.24. The Morgan fingerprint density at radius 3 is 2.68 bits per heavy atom. The van der Waals surface area contributed by atoms with Gasteiger partial charge in [-0.05, 0) is 37.6 Å². The van der Waals surface area contributed by atoms with Crippen molar-refractivity contribution in [3.63, 3.8) is 0 Å². The van der Waals surface area contributed by atoms with E-state index in [0.29, 0.717) is 26.1 Å². The van der Waals surface area contributed by atoms with Gasteiger partial charge >= 0.3 is 6.03 Å². The first-order chi connectivity index (χ1) is 10.6. The van der Waals surface area contributed by atoms with Gasteiger partial charge in [-0.25, -0.2) is 4.79 Å². The summed E-state index contributed by atoms with van der Waals surface area (Å²) < 4.78 is 5.39. The number of anilines is 1. The lowest BCUT2D eigenvalue weighted by atomic mass is 10.2. The van der Waals surface area contributed by atoms with Crippen molar-refractivity contribution in [1.29, 1.82) is 0 Å². The molecule has 0 spiro atoms. The van der Waals surface area contributed by atoms with Crippen LogP contribution in [-0.4, -0.2) is 37.7 Å². The first-order valence-corrected chi connectivity index (χ1v) is 7.71. The number of amides is 3. The summed E-state index contributed by atoms with van der Waals surface area (Å²) in [5.74, 6) is 0.802. The summed E-state index contributed by atoms with van der Waals surface area (Å²) in [7, 11) is 0. The fraction of sp³-hybridized carbons (Fsp3) is 0.500. The molecule has 0 saturated carbocycles. The number of benzene rings is 1. The predicted octanol–water partition coefficient (Wildman–Crippen LogP) is 1.90. The van der Waals surface area contributed by atoms with Crippen LogP contribution in [0, 0.1) is 0 Å². The Balaban J connectivity index is 1.93. The van der Waals surface area contributed by atoms with Crippen molar-refractivity contribution >= 4 is 17.6 Å². The number of carbonyl (C=O) groups excluding carboxylic acids is 2. The molecule has 120 valence electrons. The average Bonchev–Trinajstić information content (AvgIpc) is 2.87. The summed E-state index contributed by atoms with van der Waals surface area (Å²) in [5, 5.41) is 5.59. The Kier molecular flexibility index (Phi) is 5.63. The van der Waals surface area contributed by atoms with Gasteiger partial charge in [-0.15, -0.1) is 0 Å². The number of nitrogens with zero attached hydrogens (tertiary/aromatic N) is 1. The van der Waals surface area contributed by atoms with Crippen LogP contribution in [0.1, 0.15) is 26.7 Å². The fourth-order valence-electron chi connectivity index (χ4n) is 2.42. The fourth-order valence-corrected chi connectivity index (χ4v) is 2.42. The number of rotatable bonds is 6. The quantitative estimate of drug-likeness (QED) is 0.843. The maximum Gasteiger partial charge on any atom is 0.315 e. The first kappa shape index (κ1) is 16.1. The van der Waals surface area contributed by atoms with Gasteiger partial charge in [-0.1, -0.05) is 6.92 Å². The number of urea groups is 1. The van der Waals surface area contributed by atoms with E-state index in [1.54, 1.807) is 4.90 Å². The van der Waals surface area contributed by atoms with E-state index in [9.17, 15) is 9.59 Å². The minimum atomic E-state index is -0.215. The van der Waals surface area contributed by atoms with E-state index >= 15 is 0 Å². The molecule has 6 nitrogen and oxygen atoms in total. The van der Waals surface area contributed by atoms with Gasteiger partial charge in [-0.2, -0.15) is 0 Å².